The quantitative estimate of drug-likeness (QED) is 0.866. The Morgan fingerprint density at radius 2 is 1.96 bits per heavy atom. The Balaban J connectivity index is 2.23. The second-order valence-corrected chi connectivity index (χ2v) is 6.83. The molecule has 0 saturated carbocycles. The van der Waals surface area contributed by atoms with Crippen molar-refractivity contribution in [3.8, 4) is 0 Å². The number of amides is 1. The molecule has 0 atom stereocenters. The summed E-state index contributed by atoms with van der Waals surface area (Å²) in [5.74, 6) is -1.37. The maximum atomic E-state index is 14.2. The first-order valence-corrected chi connectivity index (χ1v) is 7.95. The number of likely N-dealkylation sites (N-methyl/N-ethyl adjacent to an activating group) is 1. The average molecular weight is 368 g/mol. The minimum absolute atomic E-state index is 0.0545. The van der Waals surface area contributed by atoms with E-state index in [1.807, 2.05) is 0 Å². The van der Waals surface area contributed by atoms with Crippen molar-refractivity contribution >= 4 is 23.5 Å². The molecule has 2 rings (SSSR count). The molecule has 25 heavy (non-hydrogen) atoms. The number of hydrogen-bond donors (Lipinski definition) is 1. The van der Waals surface area contributed by atoms with Crippen molar-refractivity contribution in [2.75, 3.05) is 7.05 Å². The van der Waals surface area contributed by atoms with Gasteiger partial charge in [-0.2, -0.15) is 0 Å². The van der Waals surface area contributed by atoms with Crippen molar-refractivity contribution in [2.45, 2.75) is 32.7 Å². The molecule has 0 fully saturated rings. The van der Waals surface area contributed by atoms with E-state index in [-0.39, 0.29) is 34.4 Å². The Kier molecular flexibility index (Phi) is 5.23. The van der Waals surface area contributed by atoms with Gasteiger partial charge in [-0.1, -0.05) is 17.7 Å². The second-order valence-electron chi connectivity index (χ2n) is 6.40. The number of carbonyl (C=O) groups is 2. The van der Waals surface area contributed by atoms with Gasteiger partial charge in [0.15, 0.2) is 0 Å². The number of halogens is 2. The predicted octanol–water partition coefficient (Wildman–Crippen LogP) is 4.01. The molecule has 0 saturated heterocycles. The SMILES string of the molecule is Cc1oc(CN(C)C(=O)C(C)(C)c2ccc(Cl)cc2F)cc1C(=O)O. The van der Waals surface area contributed by atoms with Crippen LogP contribution in [0.2, 0.25) is 5.02 Å². The topological polar surface area (TPSA) is 70.8 Å². The van der Waals surface area contributed by atoms with Crippen LogP contribution in [0, 0.1) is 12.7 Å². The van der Waals surface area contributed by atoms with Crippen molar-refractivity contribution in [2.24, 2.45) is 0 Å². The van der Waals surface area contributed by atoms with Gasteiger partial charge in [-0.25, -0.2) is 9.18 Å². The van der Waals surface area contributed by atoms with E-state index >= 15 is 0 Å². The molecule has 0 aliphatic carbocycles. The van der Waals surface area contributed by atoms with E-state index < -0.39 is 17.2 Å². The van der Waals surface area contributed by atoms with Gasteiger partial charge in [-0.3, -0.25) is 4.79 Å². The molecule has 0 aliphatic heterocycles. The Morgan fingerprint density at radius 1 is 1.32 bits per heavy atom. The van der Waals surface area contributed by atoms with Crippen LogP contribution in [0.25, 0.3) is 0 Å². The minimum atomic E-state index is -1.12. The molecule has 7 heteroatoms. The van der Waals surface area contributed by atoms with Crippen molar-refractivity contribution < 1.29 is 23.5 Å². The van der Waals surface area contributed by atoms with Crippen LogP contribution in [0.5, 0.6) is 0 Å². The number of aromatic carboxylic acids is 1. The van der Waals surface area contributed by atoms with E-state index in [1.165, 1.54) is 29.2 Å². The number of hydrogen-bond acceptors (Lipinski definition) is 3. The summed E-state index contributed by atoms with van der Waals surface area (Å²) in [6, 6.07) is 5.57. The molecular formula is C18H19ClFNO4. The highest BCUT2D eigenvalue weighted by Crippen LogP contribution is 2.30. The number of nitrogens with zero attached hydrogens (tertiary/aromatic N) is 1. The third-order valence-corrected chi connectivity index (χ3v) is 4.31. The van der Waals surface area contributed by atoms with Crippen LogP contribution >= 0.6 is 11.6 Å². The summed E-state index contributed by atoms with van der Waals surface area (Å²) < 4.78 is 19.6. The smallest absolute Gasteiger partial charge is 0.339 e. The summed E-state index contributed by atoms with van der Waals surface area (Å²) in [5.41, 5.74) is -0.838. The molecule has 1 N–H and O–H groups in total. The number of aryl methyl sites for hydroxylation is 1. The molecule has 134 valence electrons. The van der Waals surface area contributed by atoms with Gasteiger partial charge in [0, 0.05) is 17.6 Å². The van der Waals surface area contributed by atoms with E-state index in [0.29, 0.717) is 5.76 Å². The van der Waals surface area contributed by atoms with E-state index in [9.17, 15) is 14.0 Å². The zero-order valence-corrected chi connectivity index (χ0v) is 15.1. The first-order valence-electron chi connectivity index (χ1n) is 7.57. The average Bonchev–Trinajstić information content (AvgIpc) is 2.86. The Bertz CT molecular complexity index is 828. The lowest BCUT2D eigenvalue weighted by Gasteiger charge is -2.29. The fourth-order valence-electron chi connectivity index (χ4n) is 2.73. The van der Waals surface area contributed by atoms with E-state index in [0.717, 1.165) is 0 Å². The number of carboxylic acid groups (broad SMARTS) is 1. The second kappa shape index (κ2) is 6.88. The molecule has 1 heterocycles. The molecule has 5 nitrogen and oxygen atoms in total. The Labute approximate surface area is 150 Å². The Morgan fingerprint density at radius 3 is 2.48 bits per heavy atom. The standard InChI is InChI=1S/C18H19ClFNO4/c1-10-13(16(22)23)8-12(25-10)9-21(4)17(24)18(2,3)14-6-5-11(19)7-15(14)20/h5-8H,9H2,1-4H3,(H,22,23). The molecule has 1 amide bonds. The van der Waals surface area contributed by atoms with E-state index in [2.05, 4.69) is 0 Å². The van der Waals surface area contributed by atoms with Gasteiger partial charge in [-0.15, -0.1) is 0 Å². The highest BCUT2D eigenvalue weighted by molar-refractivity contribution is 6.30. The fourth-order valence-corrected chi connectivity index (χ4v) is 2.89. The molecule has 0 spiro atoms. The predicted molar refractivity (Wildman–Crippen MR) is 91.3 cm³/mol. The van der Waals surface area contributed by atoms with Gasteiger partial charge in [0.1, 0.15) is 22.9 Å². The number of benzene rings is 1. The van der Waals surface area contributed by atoms with Gasteiger partial charge >= 0.3 is 5.97 Å². The van der Waals surface area contributed by atoms with Crippen LogP contribution in [0.4, 0.5) is 4.39 Å². The maximum Gasteiger partial charge on any atom is 0.339 e. The molecule has 0 unspecified atom stereocenters. The monoisotopic (exact) mass is 367 g/mol. The number of carbonyl (C=O) groups excluding carboxylic acids is 1. The Hall–Kier alpha value is -2.34. The van der Waals surface area contributed by atoms with Crippen LogP contribution in [0.3, 0.4) is 0 Å². The highest BCUT2D eigenvalue weighted by Gasteiger charge is 2.35. The highest BCUT2D eigenvalue weighted by atomic mass is 35.5. The van der Waals surface area contributed by atoms with Crippen molar-refractivity contribution in [3.63, 3.8) is 0 Å². The summed E-state index contributed by atoms with van der Waals surface area (Å²) in [5, 5.41) is 9.31. The van der Waals surface area contributed by atoms with Gasteiger partial charge in [-0.05, 0) is 39.0 Å². The van der Waals surface area contributed by atoms with E-state index in [4.69, 9.17) is 21.1 Å². The molecule has 0 bridgehead atoms. The minimum Gasteiger partial charge on any atom is -0.478 e. The summed E-state index contributed by atoms with van der Waals surface area (Å²) in [7, 11) is 1.55. The van der Waals surface area contributed by atoms with Gasteiger partial charge in [0.25, 0.3) is 0 Å². The summed E-state index contributed by atoms with van der Waals surface area (Å²) in [6.45, 7) is 4.86. The normalized spacial score (nSPS) is 11.4. The number of rotatable bonds is 5. The largest absolute Gasteiger partial charge is 0.478 e. The van der Waals surface area contributed by atoms with Crippen LogP contribution in [-0.2, 0) is 16.8 Å². The molecular weight excluding hydrogens is 349 g/mol. The molecule has 2 aromatic rings. The van der Waals surface area contributed by atoms with Gasteiger partial charge in [0.2, 0.25) is 5.91 Å². The van der Waals surface area contributed by atoms with Crippen LogP contribution in [-0.4, -0.2) is 28.9 Å². The van der Waals surface area contributed by atoms with Crippen LogP contribution < -0.4 is 0 Å². The molecule has 0 aliphatic rings. The lowest BCUT2D eigenvalue weighted by molar-refractivity contribution is -0.135. The summed E-state index contributed by atoms with van der Waals surface area (Å²) >= 11 is 5.76. The maximum absolute atomic E-state index is 14.2. The third kappa shape index (κ3) is 3.85. The third-order valence-electron chi connectivity index (χ3n) is 4.08. The van der Waals surface area contributed by atoms with Crippen molar-refractivity contribution in [1.29, 1.82) is 0 Å². The summed E-state index contributed by atoms with van der Waals surface area (Å²) in [6.07, 6.45) is 0. The number of carboxylic acids is 1. The lowest BCUT2D eigenvalue weighted by Crippen LogP contribution is -2.41. The zero-order valence-electron chi connectivity index (χ0n) is 14.4. The molecule has 0 radical (unpaired) electrons. The van der Waals surface area contributed by atoms with Gasteiger partial charge in [0.05, 0.1) is 12.0 Å². The van der Waals surface area contributed by atoms with Crippen LogP contribution in [0.15, 0.2) is 28.7 Å². The molecule has 1 aromatic carbocycles. The lowest BCUT2D eigenvalue weighted by atomic mass is 9.83. The van der Waals surface area contributed by atoms with Crippen LogP contribution in [0.1, 0.15) is 41.3 Å². The first kappa shape index (κ1) is 19.0. The summed E-state index contributed by atoms with van der Waals surface area (Å²) in [4.78, 5) is 25.2. The zero-order chi connectivity index (χ0) is 18.9. The molecule has 1 aromatic heterocycles. The fraction of sp³-hybridized carbons (Fsp3) is 0.333. The van der Waals surface area contributed by atoms with Gasteiger partial charge < -0.3 is 14.4 Å². The first-order chi connectivity index (χ1) is 11.5. The van der Waals surface area contributed by atoms with E-state index in [1.54, 1.807) is 27.8 Å². The number of furan rings is 1. The van der Waals surface area contributed by atoms with Crippen molar-refractivity contribution in [1.82, 2.24) is 4.90 Å². The van der Waals surface area contributed by atoms with Crippen molar-refractivity contribution in [3.05, 3.63) is 57.8 Å².